The summed E-state index contributed by atoms with van der Waals surface area (Å²) in [5.41, 5.74) is 6.62. The van der Waals surface area contributed by atoms with Gasteiger partial charge in [-0.3, -0.25) is 5.43 Å². The first-order valence-electron chi connectivity index (χ1n) is 5.63. The number of aromatic amines is 1. The molecule has 4 atom stereocenters. The highest BCUT2D eigenvalue weighted by molar-refractivity contribution is 5.04. The molecule has 4 unspecified atom stereocenters. The van der Waals surface area contributed by atoms with Gasteiger partial charge < -0.3 is 0 Å². The minimum atomic E-state index is 0.227. The Morgan fingerprint density at radius 1 is 1.33 bits per heavy atom. The maximum absolute atomic E-state index is 4.06. The summed E-state index contributed by atoms with van der Waals surface area (Å²) in [7, 11) is 0. The molecule has 3 rings (SSSR count). The summed E-state index contributed by atoms with van der Waals surface area (Å²) in [6.07, 6.45) is 3.80. The van der Waals surface area contributed by atoms with Gasteiger partial charge in [-0.15, -0.1) is 10.2 Å². The van der Waals surface area contributed by atoms with Crippen molar-refractivity contribution in [1.29, 1.82) is 0 Å². The second-order valence-electron chi connectivity index (χ2n) is 4.55. The fourth-order valence-electron chi connectivity index (χ4n) is 2.91. The maximum Gasteiger partial charge on any atom is 0.193 e. The molecular formula is C9H16N6. The van der Waals surface area contributed by atoms with Gasteiger partial charge in [-0.1, -0.05) is 18.6 Å². The van der Waals surface area contributed by atoms with Gasteiger partial charge in [0.1, 0.15) is 0 Å². The van der Waals surface area contributed by atoms with E-state index in [4.69, 9.17) is 0 Å². The number of hydrogen-bond donors (Lipinski definition) is 3. The summed E-state index contributed by atoms with van der Waals surface area (Å²) < 4.78 is 0. The Balaban J connectivity index is 1.78. The highest BCUT2D eigenvalue weighted by Gasteiger charge is 2.44. The van der Waals surface area contributed by atoms with Gasteiger partial charge in [0.2, 0.25) is 0 Å². The molecule has 82 valence electrons. The number of H-pyrrole nitrogens is 1. The maximum atomic E-state index is 4.06. The zero-order valence-electron chi connectivity index (χ0n) is 8.77. The number of aromatic nitrogens is 4. The summed E-state index contributed by atoms with van der Waals surface area (Å²) >= 11 is 0. The number of rotatable bonds is 2. The van der Waals surface area contributed by atoms with Crippen LogP contribution in [-0.4, -0.2) is 26.7 Å². The minimum Gasteiger partial charge on any atom is -0.254 e. The molecule has 0 aromatic carbocycles. The fourth-order valence-corrected chi connectivity index (χ4v) is 2.91. The first kappa shape index (κ1) is 9.23. The molecule has 6 nitrogen and oxygen atoms in total. The van der Waals surface area contributed by atoms with Crippen molar-refractivity contribution in [3.8, 4) is 0 Å². The number of hydrogen-bond acceptors (Lipinski definition) is 5. The molecule has 2 aliphatic rings. The first-order chi connectivity index (χ1) is 7.38. The van der Waals surface area contributed by atoms with Crippen LogP contribution in [0.4, 0.5) is 0 Å². The molecule has 1 saturated heterocycles. The van der Waals surface area contributed by atoms with E-state index in [1.807, 2.05) is 0 Å². The summed E-state index contributed by atoms with van der Waals surface area (Å²) in [6, 6.07) is 0.809. The zero-order valence-corrected chi connectivity index (χ0v) is 8.77. The average Bonchev–Trinajstić information content (AvgIpc) is 2.92. The molecule has 15 heavy (non-hydrogen) atoms. The number of tetrazole rings is 1. The number of fused-ring (bicyclic) bond motifs is 1. The summed E-state index contributed by atoms with van der Waals surface area (Å²) in [6.45, 7) is 2.27. The van der Waals surface area contributed by atoms with Gasteiger partial charge in [-0.25, -0.2) is 5.43 Å². The molecule has 2 heterocycles. The lowest BCUT2D eigenvalue weighted by Gasteiger charge is -2.13. The van der Waals surface area contributed by atoms with Crippen molar-refractivity contribution in [3.05, 3.63) is 5.82 Å². The molecule has 0 radical (unpaired) electrons. The van der Waals surface area contributed by atoms with E-state index in [0.29, 0.717) is 12.0 Å². The van der Waals surface area contributed by atoms with Crippen molar-refractivity contribution in [3.63, 3.8) is 0 Å². The quantitative estimate of drug-likeness (QED) is 0.645. The van der Waals surface area contributed by atoms with Gasteiger partial charge in [0.05, 0.1) is 6.04 Å². The van der Waals surface area contributed by atoms with E-state index in [1.165, 1.54) is 19.3 Å². The van der Waals surface area contributed by atoms with Crippen LogP contribution in [0.2, 0.25) is 0 Å². The number of nitrogens with zero attached hydrogens (tertiary/aromatic N) is 3. The molecular weight excluding hydrogens is 192 g/mol. The smallest absolute Gasteiger partial charge is 0.193 e. The molecule has 0 amide bonds. The molecule has 1 aliphatic carbocycles. The molecule has 2 fully saturated rings. The third kappa shape index (κ3) is 1.44. The lowest BCUT2D eigenvalue weighted by molar-refractivity contribution is 0.397. The Labute approximate surface area is 88.2 Å². The Bertz CT molecular complexity index is 323. The third-order valence-electron chi connectivity index (χ3n) is 3.78. The Morgan fingerprint density at radius 3 is 3.00 bits per heavy atom. The van der Waals surface area contributed by atoms with Gasteiger partial charge in [-0.05, 0) is 24.7 Å². The molecule has 1 aromatic rings. The standard InChI is InChI=1S/C9H16N6/c1-2-5-3-6-7(4-5)10-11-8(6)9-12-14-15-13-9/h5-8,10-11H,2-4H2,1H3,(H,12,13,14,15). The normalized spacial score (nSPS) is 39.5. The Morgan fingerprint density at radius 2 is 2.27 bits per heavy atom. The van der Waals surface area contributed by atoms with Crippen molar-refractivity contribution in [2.45, 2.75) is 38.3 Å². The van der Waals surface area contributed by atoms with Gasteiger partial charge in [0.15, 0.2) is 5.82 Å². The highest BCUT2D eigenvalue weighted by atomic mass is 15.5. The molecule has 6 heteroatoms. The predicted octanol–water partition coefficient (Wildman–Crippen LogP) is 0.153. The number of hydrazine groups is 1. The lowest BCUT2D eigenvalue weighted by atomic mass is 9.95. The number of nitrogens with one attached hydrogen (secondary N) is 3. The third-order valence-corrected chi connectivity index (χ3v) is 3.78. The van der Waals surface area contributed by atoms with E-state index >= 15 is 0 Å². The van der Waals surface area contributed by atoms with Gasteiger partial charge in [0.25, 0.3) is 0 Å². The van der Waals surface area contributed by atoms with Crippen molar-refractivity contribution in [2.75, 3.05) is 0 Å². The largest absolute Gasteiger partial charge is 0.254 e. The average molecular weight is 208 g/mol. The predicted molar refractivity (Wildman–Crippen MR) is 53.5 cm³/mol. The van der Waals surface area contributed by atoms with Crippen molar-refractivity contribution in [1.82, 2.24) is 31.5 Å². The molecule has 1 aliphatic heterocycles. The summed E-state index contributed by atoms with van der Waals surface area (Å²) in [4.78, 5) is 0. The van der Waals surface area contributed by atoms with Crippen LogP contribution in [0.15, 0.2) is 0 Å². The van der Waals surface area contributed by atoms with E-state index < -0.39 is 0 Å². The SMILES string of the molecule is CCC1CC2NNC(c3nn[nH]n3)C2C1. The fraction of sp³-hybridized carbons (Fsp3) is 0.889. The van der Waals surface area contributed by atoms with Crippen LogP contribution in [0.1, 0.15) is 38.1 Å². The van der Waals surface area contributed by atoms with E-state index in [0.717, 1.165) is 11.7 Å². The second-order valence-corrected chi connectivity index (χ2v) is 4.55. The molecule has 0 spiro atoms. The summed E-state index contributed by atoms with van der Waals surface area (Å²) in [5.74, 6) is 2.25. The monoisotopic (exact) mass is 208 g/mol. The molecule has 1 saturated carbocycles. The van der Waals surface area contributed by atoms with Gasteiger partial charge in [0, 0.05) is 6.04 Å². The lowest BCUT2D eigenvalue weighted by Crippen LogP contribution is -2.31. The zero-order chi connectivity index (χ0) is 10.3. The molecule has 1 aromatic heterocycles. The topological polar surface area (TPSA) is 78.5 Å². The van der Waals surface area contributed by atoms with Gasteiger partial charge >= 0.3 is 0 Å². The van der Waals surface area contributed by atoms with E-state index in [9.17, 15) is 0 Å². The van der Waals surface area contributed by atoms with E-state index in [2.05, 4.69) is 38.4 Å². The van der Waals surface area contributed by atoms with Crippen molar-refractivity contribution >= 4 is 0 Å². The van der Waals surface area contributed by atoms with Crippen LogP contribution in [-0.2, 0) is 0 Å². The van der Waals surface area contributed by atoms with Crippen LogP contribution in [0.5, 0.6) is 0 Å². The molecule has 3 N–H and O–H groups in total. The van der Waals surface area contributed by atoms with Crippen LogP contribution >= 0.6 is 0 Å². The Hall–Kier alpha value is -1.01. The Kier molecular flexibility index (Phi) is 2.17. The van der Waals surface area contributed by atoms with E-state index in [1.54, 1.807) is 0 Å². The van der Waals surface area contributed by atoms with Crippen LogP contribution in [0.3, 0.4) is 0 Å². The second kappa shape index (κ2) is 3.53. The van der Waals surface area contributed by atoms with Crippen molar-refractivity contribution < 1.29 is 0 Å². The van der Waals surface area contributed by atoms with Gasteiger partial charge in [-0.2, -0.15) is 5.21 Å². The molecule has 0 bridgehead atoms. The van der Waals surface area contributed by atoms with E-state index in [-0.39, 0.29) is 6.04 Å². The highest BCUT2D eigenvalue weighted by Crippen LogP contribution is 2.42. The van der Waals surface area contributed by atoms with Crippen molar-refractivity contribution in [2.24, 2.45) is 11.8 Å². The first-order valence-corrected chi connectivity index (χ1v) is 5.63. The minimum absolute atomic E-state index is 0.227. The van der Waals surface area contributed by atoms with Crippen LogP contribution in [0.25, 0.3) is 0 Å². The van der Waals surface area contributed by atoms with Crippen LogP contribution < -0.4 is 10.9 Å². The van der Waals surface area contributed by atoms with Crippen LogP contribution in [0, 0.1) is 11.8 Å². The summed E-state index contributed by atoms with van der Waals surface area (Å²) in [5, 5.41) is 14.2.